The summed E-state index contributed by atoms with van der Waals surface area (Å²) in [5, 5.41) is 18.5. The van der Waals surface area contributed by atoms with Crippen molar-refractivity contribution in [2.75, 3.05) is 32.1 Å². The number of hydrogen-bond donors (Lipinski definition) is 7. The SMILES string of the molecule is NC(CO)(CO)COc1ccc(-c2cc(CCP(=O)(O)O)cc(CCP(=O)(O)O)c2)cc1. The lowest BCUT2D eigenvalue weighted by Gasteiger charge is -2.24. The van der Waals surface area contributed by atoms with Crippen molar-refractivity contribution in [3.05, 3.63) is 53.6 Å². The van der Waals surface area contributed by atoms with E-state index in [4.69, 9.17) is 10.5 Å². The van der Waals surface area contributed by atoms with Crippen LogP contribution in [0.15, 0.2) is 42.5 Å². The molecule has 0 aromatic heterocycles. The lowest BCUT2D eigenvalue weighted by atomic mass is 9.97. The van der Waals surface area contributed by atoms with Gasteiger partial charge in [0.1, 0.15) is 12.4 Å². The van der Waals surface area contributed by atoms with Crippen molar-refractivity contribution in [3.63, 3.8) is 0 Å². The fourth-order valence-corrected chi connectivity index (χ4v) is 3.98. The zero-order valence-corrected chi connectivity index (χ0v) is 19.2. The van der Waals surface area contributed by atoms with Gasteiger partial charge in [-0.05, 0) is 47.2 Å². The lowest BCUT2D eigenvalue weighted by Crippen LogP contribution is -2.52. The van der Waals surface area contributed by atoms with Crippen molar-refractivity contribution < 1.29 is 43.7 Å². The number of nitrogens with two attached hydrogens (primary N) is 1. The van der Waals surface area contributed by atoms with E-state index in [0.29, 0.717) is 16.9 Å². The van der Waals surface area contributed by atoms with Crippen LogP contribution >= 0.6 is 15.2 Å². The monoisotopic (exact) mass is 489 g/mol. The molecule has 0 heterocycles. The van der Waals surface area contributed by atoms with Gasteiger partial charge in [-0.25, -0.2) is 0 Å². The standard InChI is InChI=1S/C20H29NO9P2/c21-20(12-22,13-23)14-30-19-3-1-17(2-4-19)18-10-15(5-7-31(24,25)26)9-16(11-18)6-8-32(27,28)29/h1-4,9-11,22-23H,5-8,12-14,21H2,(H2,24,25,26)(H2,27,28,29). The highest BCUT2D eigenvalue weighted by molar-refractivity contribution is 7.52. The number of hydrogen-bond acceptors (Lipinski definition) is 6. The molecule has 2 aromatic carbocycles. The van der Waals surface area contributed by atoms with Crippen molar-refractivity contribution >= 4 is 15.2 Å². The first-order valence-corrected chi connectivity index (χ1v) is 13.4. The Morgan fingerprint density at radius 2 is 1.25 bits per heavy atom. The van der Waals surface area contributed by atoms with Crippen LogP contribution in [0.1, 0.15) is 11.1 Å². The van der Waals surface area contributed by atoms with E-state index in [1.54, 1.807) is 42.5 Å². The molecule has 0 spiro atoms. The first-order chi connectivity index (χ1) is 14.8. The van der Waals surface area contributed by atoms with Gasteiger partial charge in [0.15, 0.2) is 0 Å². The van der Waals surface area contributed by atoms with Gasteiger partial charge in [-0.2, -0.15) is 0 Å². The molecule has 0 aliphatic carbocycles. The van der Waals surface area contributed by atoms with E-state index in [-0.39, 0.29) is 31.8 Å². The van der Waals surface area contributed by atoms with Gasteiger partial charge >= 0.3 is 15.2 Å². The third-order valence-corrected chi connectivity index (χ3v) is 6.39. The average molecular weight is 489 g/mol. The Bertz CT molecular complexity index is 937. The van der Waals surface area contributed by atoms with E-state index in [1.807, 2.05) is 0 Å². The molecule has 0 amide bonds. The molecule has 0 saturated carbocycles. The van der Waals surface area contributed by atoms with E-state index in [9.17, 15) is 38.9 Å². The van der Waals surface area contributed by atoms with Gasteiger partial charge in [0.2, 0.25) is 0 Å². The summed E-state index contributed by atoms with van der Waals surface area (Å²) in [6.45, 7) is -0.982. The number of ether oxygens (including phenoxy) is 1. The fraction of sp³-hybridized carbons (Fsp3) is 0.400. The highest BCUT2D eigenvalue weighted by Crippen LogP contribution is 2.37. The first-order valence-electron chi connectivity index (χ1n) is 9.78. The Hall–Kier alpha value is -1.58. The molecular formula is C20H29NO9P2. The second-order valence-electron chi connectivity index (χ2n) is 7.81. The predicted molar refractivity (Wildman–Crippen MR) is 120 cm³/mol. The van der Waals surface area contributed by atoms with Crippen LogP contribution in [0, 0.1) is 0 Å². The molecule has 0 saturated heterocycles. The molecule has 0 unspecified atom stereocenters. The van der Waals surface area contributed by atoms with E-state index in [2.05, 4.69) is 0 Å². The van der Waals surface area contributed by atoms with E-state index < -0.39 is 33.9 Å². The second-order valence-corrected chi connectivity index (χ2v) is 11.4. The zero-order chi connectivity index (χ0) is 24.0. The average Bonchev–Trinajstić information content (AvgIpc) is 2.74. The number of aliphatic hydroxyl groups is 2. The maximum atomic E-state index is 11.3. The Labute approximate surface area is 186 Å². The fourth-order valence-electron chi connectivity index (χ4n) is 2.88. The van der Waals surface area contributed by atoms with Crippen LogP contribution in [-0.2, 0) is 22.0 Å². The molecule has 2 aromatic rings. The van der Waals surface area contributed by atoms with Gasteiger partial charge in [-0.3, -0.25) is 9.13 Å². The molecule has 32 heavy (non-hydrogen) atoms. The molecular weight excluding hydrogens is 460 g/mol. The van der Waals surface area contributed by atoms with Gasteiger partial charge in [0.25, 0.3) is 0 Å². The minimum atomic E-state index is -4.20. The summed E-state index contributed by atoms with van der Waals surface area (Å²) >= 11 is 0. The van der Waals surface area contributed by atoms with Crippen LogP contribution in [0.4, 0.5) is 0 Å². The molecule has 0 fully saturated rings. The quantitative estimate of drug-likeness (QED) is 0.210. The normalized spacial score (nSPS) is 12.7. The van der Waals surface area contributed by atoms with Crippen molar-refractivity contribution in [1.82, 2.24) is 0 Å². The Kier molecular flexibility index (Phi) is 9.19. The largest absolute Gasteiger partial charge is 0.491 e. The third-order valence-electron chi connectivity index (χ3n) is 4.78. The molecule has 0 radical (unpaired) electrons. The summed E-state index contributed by atoms with van der Waals surface area (Å²) < 4.78 is 28.0. The summed E-state index contributed by atoms with van der Waals surface area (Å²) in [4.78, 5) is 36.7. The van der Waals surface area contributed by atoms with Gasteiger partial charge in [0, 0.05) is 0 Å². The van der Waals surface area contributed by atoms with Crippen molar-refractivity contribution in [2.45, 2.75) is 18.4 Å². The van der Waals surface area contributed by atoms with Crippen LogP contribution in [0.3, 0.4) is 0 Å². The van der Waals surface area contributed by atoms with Crippen LogP contribution in [0.25, 0.3) is 11.1 Å². The zero-order valence-electron chi connectivity index (χ0n) is 17.4. The minimum Gasteiger partial charge on any atom is -0.491 e. The maximum Gasteiger partial charge on any atom is 0.325 e. The summed E-state index contributed by atoms with van der Waals surface area (Å²) in [6, 6.07) is 12.1. The summed E-state index contributed by atoms with van der Waals surface area (Å²) in [5.74, 6) is 0.463. The van der Waals surface area contributed by atoms with Gasteiger partial charge < -0.3 is 40.3 Å². The molecule has 0 atom stereocenters. The highest BCUT2D eigenvalue weighted by Gasteiger charge is 2.24. The van der Waals surface area contributed by atoms with E-state index >= 15 is 0 Å². The molecule has 0 aliphatic rings. The number of aryl methyl sites for hydroxylation is 2. The highest BCUT2D eigenvalue weighted by atomic mass is 31.2. The predicted octanol–water partition coefficient (Wildman–Crippen LogP) is 0.855. The maximum absolute atomic E-state index is 11.3. The molecule has 8 N–H and O–H groups in total. The number of rotatable bonds is 12. The van der Waals surface area contributed by atoms with E-state index in [0.717, 1.165) is 11.1 Å². The molecule has 0 aliphatic heterocycles. The van der Waals surface area contributed by atoms with Gasteiger partial charge in [0.05, 0.1) is 31.1 Å². The van der Waals surface area contributed by atoms with E-state index in [1.165, 1.54) is 0 Å². The Morgan fingerprint density at radius 3 is 1.66 bits per heavy atom. The molecule has 2 rings (SSSR count). The van der Waals surface area contributed by atoms with Crippen molar-refractivity contribution in [1.29, 1.82) is 0 Å². The topological polar surface area (TPSA) is 191 Å². The Morgan fingerprint density at radius 1 is 0.781 bits per heavy atom. The minimum absolute atomic E-state index is 0.0935. The molecule has 12 heteroatoms. The lowest BCUT2D eigenvalue weighted by molar-refractivity contribution is 0.0785. The molecule has 178 valence electrons. The Balaban J connectivity index is 2.25. The van der Waals surface area contributed by atoms with Crippen LogP contribution < -0.4 is 10.5 Å². The summed E-state index contributed by atoms with van der Waals surface area (Å²) in [7, 11) is -8.39. The second kappa shape index (κ2) is 11.0. The van der Waals surface area contributed by atoms with Gasteiger partial charge in [-0.15, -0.1) is 0 Å². The molecule has 10 nitrogen and oxygen atoms in total. The smallest absolute Gasteiger partial charge is 0.325 e. The van der Waals surface area contributed by atoms with Crippen LogP contribution in [0.2, 0.25) is 0 Å². The van der Waals surface area contributed by atoms with Crippen LogP contribution in [0.5, 0.6) is 5.75 Å². The summed E-state index contributed by atoms with van der Waals surface area (Å²) in [5.41, 5.74) is 7.29. The van der Waals surface area contributed by atoms with Crippen molar-refractivity contribution in [2.24, 2.45) is 5.73 Å². The third kappa shape index (κ3) is 9.11. The van der Waals surface area contributed by atoms with Crippen LogP contribution in [-0.4, -0.2) is 67.5 Å². The number of benzene rings is 2. The number of aliphatic hydroxyl groups excluding tert-OH is 2. The summed E-state index contributed by atoms with van der Waals surface area (Å²) in [6.07, 6.45) is -0.443. The van der Waals surface area contributed by atoms with Gasteiger partial charge in [-0.1, -0.05) is 30.3 Å². The first kappa shape index (κ1) is 26.7. The van der Waals surface area contributed by atoms with Crippen molar-refractivity contribution in [3.8, 4) is 16.9 Å². The molecule has 0 bridgehead atoms.